The van der Waals surface area contributed by atoms with Gasteiger partial charge in [-0.05, 0) is 91.7 Å². The number of benzene rings is 2. The zero-order valence-electron chi connectivity index (χ0n) is 20.3. The van der Waals surface area contributed by atoms with Crippen LogP contribution in [0.3, 0.4) is 0 Å². The largest absolute Gasteiger partial charge is 0.426 e. The fourth-order valence-corrected chi connectivity index (χ4v) is 5.67. The highest BCUT2D eigenvalue weighted by molar-refractivity contribution is 5.76. The molecular weight excluding hydrogens is 475 g/mol. The molecule has 0 heterocycles. The van der Waals surface area contributed by atoms with Crippen molar-refractivity contribution in [2.75, 3.05) is 0 Å². The quantitative estimate of drug-likeness (QED) is 0.230. The fraction of sp³-hybridized carbons (Fsp3) is 0.483. The van der Waals surface area contributed by atoms with Crippen molar-refractivity contribution in [1.82, 2.24) is 0 Å². The van der Waals surface area contributed by atoms with Crippen molar-refractivity contribution in [3.63, 3.8) is 0 Å². The second-order valence-electron chi connectivity index (χ2n) is 10.4. The van der Waals surface area contributed by atoms with Gasteiger partial charge in [-0.25, -0.2) is 8.78 Å². The van der Waals surface area contributed by atoms with Crippen LogP contribution in [0.15, 0.2) is 43.0 Å². The Morgan fingerprint density at radius 1 is 0.833 bits per heavy atom. The molecule has 2 aliphatic carbocycles. The standard InChI is InChI=1S/C29H31F5O2/c1-17-3-5-19(6-4-17)20-7-9-22(10-8-20)28(35)36-24-13-11-21(12-14-24)23-15-25(30)27(26(31)16-23)18(2)29(32,33)34/h11-17,19-20,22H,2-10H2,1H3. The number of alkyl halides is 3. The molecule has 0 bridgehead atoms. The van der Waals surface area contributed by atoms with Gasteiger partial charge in [0.25, 0.3) is 0 Å². The molecule has 0 spiro atoms. The SMILES string of the molecule is C=C(c1c(F)cc(-c2ccc(OC(=O)C3CCC(C4CCC(C)CC4)CC3)cc2)cc1F)C(F)(F)F. The third-order valence-electron chi connectivity index (χ3n) is 7.92. The van der Waals surface area contributed by atoms with E-state index in [1.807, 2.05) is 0 Å². The minimum atomic E-state index is -4.94. The van der Waals surface area contributed by atoms with Crippen molar-refractivity contribution >= 4 is 11.5 Å². The number of allylic oxidation sites excluding steroid dienone is 1. The first kappa shape index (κ1) is 26.4. The van der Waals surface area contributed by atoms with Crippen LogP contribution in [-0.2, 0) is 4.79 Å². The van der Waals surface area contributed by atoms with Gasteiger partial charge in [0.2, 0.25) is 0 Å². The molecule has 0 N–H and O–H groups in total. The highest BCUT2D eigenvalue weighted by Gasteiger charge is 2.36. The molecule has 36 heavy (non-hydrogen) atoms. The van der Waals surface area contributed by atoms with E-state index < -0.39 is 28.9 Å². The maximum absolute atomic E-state index is 14.3. The predicted molar refractivity (Wildman–Crippen MR) is 129 cm³/mol. The van der Waals surface area contributed by atoms with Gasteiger partial charge in [-0.3, -0.25) is 4.79 Å². The number of carbonyl (C=O) groups excluding carboxylic acids is 1. The molecule has 2 fully saturated rings. The van der Waals surface area contributed by atoms with Crippen LogP contribution in [0.5, 0.6) is 5.75 Å². The van der Waals surface area contributed by atoms with Crippen LogP contribution in [-0.4, -0.2) is 12.1 Å². The molecule has 2 saturated carbocycles. The summed E-state index contributed by atoms with van der Waals surface area (Å²) in [6, 6.07) is 7.72. The van der Waals surface area contributed by atoms with Crippen LogP contribution < -0.4 is 4.74 Å². The van der Waals surface area contributed by atoms with E-state index in [9.17, 15) is 26.7 Å². The average molecular weight is 507 g/mol. The van der Waals surface area contributed by atoms with Crippen LogP contribution in [0, 0.1) is 35.3 Å². The number of halogens is 5. The van der Waals surface area contributed by atoms with Crippen molar-refractivity contribution in [2.45, 2.75) is 64.5 Å². The molecule has 0 aromatic heterocycles. The topological polar surface area (TPSA) is 26.3 Å². The summed E-state index contributed by atoms with van der Waals surface area (Å²) in [5.74, 6) is -0.489. The molecule has 2 nitrogen and oxygen atoms in total. The van der Waals surface area contributed by atoms with Crippen LogP contribution >= 0.6 is 0 Å². The maximum Gasteiger partial charge on any atom is 0.416 e. The van der Waals surface area contributed by atoms with Gasteiger partial charge in [0, 0.05) is 0 Å². The molecule has 0 radical (unpaired) electrons. The molecule has 0 unspecified atom stereocenters. The Balaban J connectivity index is 1.35. The maximum atomic E-state index is 14.3. The summed E-state index contributed by atoms with van der Waals surface area (Å²) >= 11 is 0. The van der Waals surface area contributed by atoms with E-state index in [4.69, 9.17) is 4.74 Å². The molecule has 0 atom stereocenters. The number of carbonyl (C=O) groups is 1. The minimum absolute atomic E-state index is 0.0667. The van der Waals surface area contributed by atoms with Crippen LogP contribution in [0.2, 0.25) is 0 Å². The van der Waals surface area contributed by atoms with Crippen molar-refractivity contribution < 1.29 is 31.5 Å². The van der Waals surface area contributed by atoms with Gasteiger partial charge in [0.1, 0.15) is 17.4 Å². The minimum Gasteiger partial charge on any atom is -0.426 e. The molecule has 0 aliphatic heterocycles. The molecule has 4 rings (SSSR count). The number of ether oxygens (including phenoxy) is 1. The lowest BCUT2D eigenvalue weighted by Gasteiger charge is -2.36. The molecule has 2 aromatic carbocycles. The Morgan fingerprint density at radius 3 is 1.83 bits per heavy atom. The molecule has 7 heteroatoms. The van der Waals surface area contributed by atoms with Crippen molar-refractivity contribution in [1.29, 1.82) is 0 Å². The molecular formula is C29H31F5O2. The first-order chi connectivity index (χ1) is 17.0. The van der Waals surface area contributed by atoms with E-state index in [0.717, 1.165) is 49.7 Å². The average Bonchev–Trinajstić information content (AvgIpc) is 2.84. The van der Waals surface area contributed by atoms with E-state index in [1.165, 1.54) is 49.9 Å². The number of rotatable bonds is 5. The van der Waals surface area contributed by atoms with Crippen LogP contribution in [0.4, 0.5) is 22.0 Å². The normalized spacial score (nSPS) is 24.8. The summed E-state index contributed by atoms with van der Waals surface area (Å²) in [5.41, 5.74) is -2.32. The van der Waals surface area contributed by atoms with Gasteiger partial charge in [0.15, 0.2) is 0 Å². The zero-order chi connectivity index (χ0) is 26.0. The highest BCUT2D eigenvalue weighted by atomic mass is 19.4. The highest BCUT2D eigenvalue weighted by Crippen LogP contribution is 2.42. The van der Waals surface area contributed by atoms with E-state index in [-0.39, 0.29) is 17.5 Å². The second-order valence-corrected chi connectivity index (χ2v) is 10.4. The number of hydrogen-bond donors (Lipinski definition) is 0. The Kier molecular flexibility index (Phi) is 7.86. The molecule has 0 amide bonds. The Bertz CT molecular complexity index is 1070. The summed E-state index contributed by atoms with van der Waals surface area (Å²) in [4.78, 5) is 12.7. The second kappa shape index (κ2) is 10.7. The van der Waals surface area contributed by atoms with Crippen molar-refractivity contribution in [2.24, 2.45) is 23.7 Å². The lowest BCUT2D eigenvalue weighted by molar-refractivity contribution is -0.140. The third-order valence-corrected chi connectivity index (χ3v) is 7.92. The Morgan fingerprint density at radius 2 is 1.33 bits per heavy atom. The number of esters is 1. The van der Waals surface area contributed by atoms with Crippen molar-refractivity contribution in [3.05, 3.63) is 60.2 Å². The summed E-state index contributed by atoms with van der Waals surface area (Å²) in [7, 11) is 0. The van der Waals surface area contributed by atoms with Crippen LogP contribution in [0.25, 0.3) is 16.7 Å². The Labute approximate surface area is 208 Å². The van der Waals surface area contributed by atoms with E-state index in [2.05, 4.69) is 13.5 Å². The number of hydrogen-bond acceptors (Lipinski definition) is 2. The smallest absolute Gasteiger partial charge is 0.416 e. The molecule has 2 aromatic rings. The van der Waals surface area contributed by atoms with Gasteiger partial charge < -0.3 is 4.74 Å². The summed E-state index contributed by atoms with van der Waals surface area (Å²) in [6.45, 7) is 5.09. The fourth-order valence-electron chi connectivity index (χ4n) is 5.67. The zero-order valence-corrected chi connectivity index (χ0v) is 20.3. The molecule has 2 aliphatic rings. The van der Waals surface area contributed by atoms with Gasteiger partial charge >= 0.3 is 12.1 Å². The third kappa shape index (κ3) is 5.98. The van der Waals surface area contributed by atoms with Gasteiger partial charge in [-0.15, -0.1) is 0 Å². The van der Waals surface area contributed by atoms with Gasteiger partial charge in [-0.2, -0.15) is 13.2 Å². The lowest BCUT2D eigenvalue weighted by atomic mass is 9.69. The summed E-state index contributed by atoms with van der Waals surface area (Å²) in [5, 5.41) is 0. The van der Waals surface area contributed by atoms with E-state index in [0.29, 0.717) is 17.2 Å². The van der Waals surface area contributed by atoms with Crippen molar-refractivity contribution in [3.8, 4) is 16.9 Å². The lowest BCUT2D eigenvalue weighted by Crippen LogP contribution is -2.29. The predicted octanol–water partition coefficient (Wildman–Crippen LogP) is 8.75. The monoisotopic (exact) mass is 506 g/mol. The van der Waals surface area contributed by atoms with E-state index >= 15 is 0 Å². The summed E-state index contributed by atoms with van der Waals surface area (Å²) < 4.78 is 72.7. The van der Waals surface area contributed by atoms with Crippen LogP contribution in [0.1, 0.15) is 63.9 Å². The first-order valence-electron chi connectivity index (χ1n) is 12.6. The summed E-state index contributed by atoms with van der Waals surface area (Å²) in [6.07, 6.45) is 3.98. The van der Waals surface area contributed by atoms with Gasteiger partial charge in [-0.1, -0.05) is 38.5 Å². The van der Waals surface area contributed by atoms with Gasteiger partial charge in [0.05, 0.1) is 17.1 Å². The van der Waals surface area contributed by atoms with E-state index in [1.54, 1.807) is 0 Å². The first-order valence-corrected chi connectivity index (χ1v) is 12.6. The molecule has 0 saturated heterocycles. The molecule has 194 valence electrons. The Hall–Kier alpha value is -2.70.